The lowest BCUT2D eigenvalue weighted by atomic mass is 9.86. The summed E-state index contributed by atoms with van der Waals surface area (Å²) in [6, 6.07) is 3.42. The van der Waals surface area contributed by atoms with Gasteiger partial charge in [-0.3, -0.25) is 0 Å². The minimum atomic E-state index is -3.39. The smallest absolute Gasteiger partial charge is 0.119 e. The van der Waals surface area contributed by atoms with E-state index in [1.807, 2.05) is 0 Å². The molecule has 0 atom stereocenters. The van der Waals surface area contributed by atoms with Crippen LogP contribution < -0.4 is 0 Å². The van der Waals surface area contributed by atoms with Crippen LogP contribution in [0, 0.1) is 0 Å². The molecule has 0 aliphatic carbocycles. The van der Waals surface area contributed by atoms with E-state index in [0.717, 1.165) is 12.1 Å². The molecule has 1 aromatic carbocycles. The summed E-state index contributed by atoms with van der Waals surface area (Å²) in [5.74, 6) is -0.693. The van der Waals surface area contributed by atoms with Crippen LogP contribution in [0.5, 0.6) is 5.75 Å². The van der Waals surface area contributed by atoms with Gasteiger partial charge in [-0.2, -0.15) is 0 Å². The molecular formula is C10H13BrO. The molecule has 0 unspecified atom stereocenters. The zero-order valence-electron chi connectivity index (χ0n) is 15.1. The van der Waals surface area contributed by atoms with Crippen LogP contribution in [0.4, 0.5) is 0 Å². The number of halogens is 1. The van der Waals surface area contributed by atoms with Crippen molar-refractivity contribution in [3.8, 4) is 5.75 Å². The van der Waals surface area contributed by atoms with Crippen molar-refractivity contribution in [3.05, 3.63) is 28.2 Å². The number of hydrogen-bond donors (Lipinski definition) is 1. The Labute approximate surface area is 94.2 Å². The van der Waals surface area contributed by atoms with Crippen LogP contribution in [0.25, 0.3) is 0 Å². The van der Waals surface area contributed by atoms with Crippen LogP contribution in [0.3, 0.4) is 0 Å². The Hall–Kier alpha value is -0.500. The zero-order valence-corrected chi connectivity index (χ0v) is 7.64. The Morgan fingerprint density at radius 1 is 1.42 bits per heavy atom. The van der Waals surface area contributed by atoms with E-state index in [1.54, 1.807) is 0 Å². The van der Waals surface area contributed by atoms with Crippen LogP contribution >= 0.6 is 15.9 Å². The topological polar surface area (TPSA) is 20.2 Å². The van der Waals surface area contributed by atoms with Crippen LogP contribution in [0.2, 0.25) is 0 Å². The van der Waals surface area contributed by atoms with Crippen molar-refractivity contribution in [2.45, 2.75) is 26.0 Å². The lowest BCUT2D eigenvalue weighted by Gasteiger charge is -2.20. The van der Waals surface area contributed by atoms with E-state index in [0.29, 0.717) is 0 Å². The first-order chi connectivity index (χ1) is 9.16. The fraction of sp³-hybridized carbons (Fsp3) is 0.400. The van der Waals surface area contributed by atoms with Gasteiger partial charge in [-0.1, -0.05) is 36.5 Å². The summed E-state index contributed by atoms with van der Waals surface area (Å²) in [7, 11) is 0. The molecule has 2 heteroatoms. The first-order valence-corrected chi connectivity index (χ1v) is 3.94. The SMILES string of the molecule is [2H]C([2H])([2H])C(c1cc(Br)ccc1O)(C([2H])([2H])[2H])C([2H])([2H])[2H]. The molecule has 0 heterocycles. The van der Waals surface area contributed by atoms with E-state index in [1.165, 1.54) is 6.07 Å². The molecule has 0 saturated carbocycles. The first-order valence-electron chi connectivity index (χ1n) is 7.65. The third-order valence-corrected chi connectivity index (χ3v) is 1.86. The lowest BCUT2D eigenvalue weighted by Crippen LogP contribution is -2.11. The minimum absolute atomic E-state index is 0.262. The Kier molecular flexibility index (Phi) is 0.778. The number of rotatable bonds is 0. The van der Waals surface area contributed by atoms with Crippen LogP contribution in [0.15, 0.2) is 22.7 Å². The molecular weight excluding hydrogens is 216 g/mol. The predicted molar refractivity (Wildman–Crippen MR) is 54.5 cm³/mol. The molecule has 1 N–H and O–H groups in total. The number of phenols is 1. The molecule has 0 spiro atoms. The average molecular weight is 238 g/mol. The van der Waals surface area contributed by atoms with Crippen LogP contribution in [-0.2, 0) is 5.41 Å². The average Bonchev–Trinajstić information content (AvgIpc) is 2.17. The Balaban J connectivity index is 3.95. The van der Waals surface area contributed by atoms with E-state index in [-0.39, 0.29) is 4.47 Å². The molecule has 1 aromatic rings. The van der Waals surface area contributed by atoms with E-state index >= 15 is 0 Å². The second-order valence-electron chi connectivity index (χ2n) is 2.41. The van der Waals surface area contributed by atoms with Gasteiger partial charge >= 0.3 is 0 Å². The highest BCUT2D eigenvalue weighted by atomic mass is 79.9. The van der Waals surface area contributed by atoms with Crippen molar-refractivity contribution in [1.82, 2.24) is 0 Å². The molecule has 0 amide bonds. The standard InChI is InChI=1S/C10H13BrO/c1-10(2,3)8-6-7(11)4-5-9(8)12/h4-6,12H,1-3H3/i1D3,2D3,3D3. The summed E-state index contributed by atoms with van der Waals surface area (Å²) in [6.45, 7) is -10.2. The molecule has 0 aromatic heterocycles. The minimum Gasteiger partial charge on any atom is -0.508 e. The van der Waals surface area contributed by atoms with Gasteiger partial charge in [0, 0.05) is 22.4 Å². The summed E-state index contributed by atoms with van der Waals surface area (Å²) in [6.07, 6.45) is 0. The van der Waals surface area contributed by atoms with Crippen LogP contribution in [-0.4, -0.2) is 5.11 Å². The molecule has 66 valence electrons. The van der Waals surface area contributed by atoms with Gasteiger partial charge in [0.05, 0.1) is 0 Å². The summed E-state index contributed by atoms with van der Waals surface area (Å²) in [5, 5.41) is 9.89. The van der Waals surface area contributed by atoms with E-state index in [2.05, 4.69) is 15.9 Å². The van der Waals surface area contributed by atoms with Gasteiger partial charge in [-0.15, -0.1) is 0 Å². The molecule has 0 saturated heterocycles. The Morgan fingerprint density at radius 3 is 2.67 bits per heavy atom. The third kappa shape index (κ3) is 2.01. The number of phenolic OH excluding ortho intramolecular Hbond substituents is 1. The molecule has 12 heavy (non-hydrogen) atoms. The number of benzene rings is 1. The largest absolute Gasteiger partial charge is 0.508 e. The highest BCUT2D eigenvalue weighted by molar-refractivity contribution is 9.10. The van der Waals surface area contributed by atoms with Gasteiger partial charge in [0.15, 0.2) is 0 Å². The van der Waals surface area contributed by atoms with Crippen molar-refractivity contribution in [2.24, 2.45) is 0 Å². The molecule has 1 nitrogen and oxygen atoms in total. The fourth-order valence-corrected chi connectivity index (χ4v) is 1.17. The monoisotopic (exact) mass is 237 g/mol. The van der Waals surface area contributed by atoms with E-state index < -0.39 is 37.3 Å². The maximum atomic E-state index is 9.89. The maximum absolute atomic E-state index is 9.89. The summed E-state index contributed by atoms with van der Waals surface area (Å²) in [5.41, 5.74) is -3.85. The predicted octanol–water partition coefficient (Wildman–Crippen LogP) is 3.45. The van der Waals surface area contributed by atoms with Gasteiger partial charge in [0.1, 0.15) is 5.75 Å². The van der Waals surface area contributed by atoms with Gasteiger partial charge in [-0.05, 0) is 23.6 Å². The normalized spacial score (nSPS) is 25.9. The Morgan fingerprint density at radius 2 is 2.08 bits per heavy atom. The summed E-state index contributed by atoms with van der Waals surface area (Å²) < 4.78 is 68.1. The summed E-state index contributed by atoms with van der Waals surface area (Å²) >= 11 is 3.03. The van der Waals surface area contributed by atoms with Crippen LogP contribution in [0.1, 0.15) is 38.5 Å². The van der Waals surface area contributed by atoms with E-state index in [4.69, 9.17) is 12.3 Å². The van der Waals surface area contributed by atoms with E-state index in [9.17, 15) is 5.11 Å². The van der Waals surface area contributed by atoms with Gasteiger partial charge in [0.2, 0.25) is 0 Å². The molecule has 0 fully saturated rings. The molecule has 0 aliphatic rings. The first kappa shape index (κ1) is 3.02. The van der Waals surface area contributed by atoms with Gasteiger partial charge in [0.25, 0.3) is 0 Å². The van der Waals surface area contributed by atoms with Crippen molar-refractivity contribution in [1.29, 1.82) is 0 Å². The highest BCUT2D eigenvalue weighted by Gasteiger charge is 2.17. The second kappa shape index (κ2) is 3.09. The zero-order chi connectivity index (χ0) is 16.9. The van der Waals surface area contributed by atoms with Crippen molar-refractivity contribution < 1.29 is 17.4 Å². The van der Waals surface area contributed by atoms with Gasteiger partial charge in [-0.25, -0.2) is 0 Å². The number of hydrogen-bond acceptors (Lipinski definition) is 1. The fourth-order valence-electron chi connectivity index (χ4n) is 0.809. The van der Waals surface area contributed by atoms with Crippen molar-refractivity contribution in [2.75, 3.05) is 0 Å². The van der Waals surface area contributed by atoms with Gasteiger partial charge < -0.3 is 5.11 Å². The maximum Gasteiger partial charge on any atom is 0.119 e. The third-order valence-electron chi connectivity index (χ3n) is 1.36. The molecule has 0 bridgehead atoms. The molecule has 0 aliphatic heterocycles. The lowest BCUT2D eigenvalue weighted by molar-refractivity contribution is 0.446. The number of aromatic hydroxyl groups is 1. The summed E-state index contributed by atoms with van der Waals surface area (Å²) in [4.78, 5) is 0. The second-order valence-corrected chi connectivity index (χ2v) is 3.33. The quantitative estimate of drug-likeness (QED) is 0.733. The molecule has 0 radical (unpaired) electrons. The Bertz CT molecular complexity index is 493. The van der Waals surface area contributed by atoms with Crippen molar-refractivity contribution >= 4 is 15.9 Å². The van der Waals surface area contributed by atoms with Crippen molar-refractivity contribution in [3.63, 3.8) is 0 Å². The molecule has 1 rings (SSSR count). The highest BCUT2D eigenvalue weighted by Crippen LogP contribution is 2.32.